The highest BCUT2D eigenvalue weighted by Gasteiger charge is 2.28. The Bertz CT molecular complexity index is 1300. The Morgan fingerprint density at radius 2 is 1.62 bits per heavy atom. The predicted octanol–water partition coefficient (Wildman–Crippen LogP) is 1.20. The number of phenolic OH excluding ortho intramolecular Hbond substituents is 1. The number of carboxylic acid groups (broad SMARTS) is 1. The van der Waals surface area contributed by atoms with Gasteiger partial charge in [-0.25, -0.2) is 4.79 Å². The summed E-state index contributed by atoms with van der Waals surface area (Å²) < 4.78 is 0. The molecule has 3 atom stereocenters. The van der Waals surface area contributed by atoms with Crippen LogP contribution in [0, 0.1) is 5.92 Å². The average molecular weight is 538 g/mol. The van der Waals surface area contributed by atoms with Crippen molar-refractivity contribution < 1.29 is 29.4 Å². The molecule has 0 saturated heterocycles. The zero-order valence-corrected chi connectivity index (χ0v) is 21.9. The molecule has 3 unspecified atom stereocenters. The molecule has 0 bridgehead atoms. The van der Waals surface area contributed by atoms with Crippen molar-refractivity contribution in [3.05, 3.63) is 65.9 Å². The molecule has 0 aliphatic carbocycles. The van der Waals surface area contributed by atoms with E-state index in [-0.39, 0.29) is 24.5 Å². The first-order valence-electron chi connectivity index (χ1n) is 12.7. The number of aromatic hydroxyl groups is 1. The molecule has 3 aromatic rings. The van der Waals surface area contributed by atoms with Gasteiger partial charge in [-0.2, -0.15) is 0 Å². The number of nitrogens with one attached hydrogen (secondary N) is 4. The highest BCUT2D eigenvalue weighted by atomic mass is 16.4. The lowest BCUT2D eigenvalue weighted by molar-refractivity contribution is -0.142. The number of nitrogens with two attached hydrogens (primary N) is 1. The number of aliphatic carboxylic acids is 1. The van der Waals surface area contributed by atoms with Gasteiger partial charge in [0, 0.05) is 29.9 Å². The third kappa shape index (κ3) is 8.57. The first-order valence-corrected chi connectivity index (χ1v) is 12.7. The highest BCUT2D eigenvalue weighted by Crippen LogP contribution is 2.19. The van der Waals surface area contributed by atoms with E-state index in [1.54, 1.807) is 18.3 Å². The summed E-state index contributed by atoms with van der Waals surface area (Å²) in [4.78, 5) is 53.4. The number of rotatable bonds is 13. The summed E-state index contributed by atoms with van der Waals surface area (Å²) in [5, 5.41) is 27.7. The van der Waals surface area contributed by atoms with Gasteiger partial charge in [-0.3, -0.25) is 14.4 Å². The van der Waals surface area contributed by atoms with Crippen molar-refractivity contribution in [2.75, 3.05) is 6.54 Å². The highest BCUT2D eigenvalue weighted by molar-refractivity contribution is 5.93. The van der Waals surface area contributed by atoms with Crippen molar-refractivity contribution >= 4 is 34.6 Å². The minimum atomic E-state index is -1.28. The van der Waals surface area contributed by atoms with Crippen LogP contribution in [0.4, 0.5) is 0 Å². The quantitative estimate of drug-likeness (QED) is 0.171. The number of phenols is 1. The number of amides is 3. The first kappa shape index (κ1) is 29.2. The molecular weight excluding hydrogens is 502 g/mol. The summed E-state index contributed by atoms with van der Waals surface area (Å²) in [6.45, 7) is 3.47. The number of para-hydroxylation sites is 1. The lowest BCUT2D eigenvalue weighted by atomic mass is 10.0. The number of carbonyl (C=O) groups is 4. The number of carboxylic acids is 1. The number of aromatic amines is 1. The van der Waals surface area contributed by atoms with Gasteiger partial charge in [0.2, 0.25) is 17.7 Å². The summed E-state index contributed by atoms with van der Waals surface area (Å²) in [5.41, 5.74) is 8.06. The molecule has 8 N–H and O–H groups in total. The van der Waals surface area contributed by atoms with E-state index in [9.17, 15) is 29.4 Å². The maximum absolute atomic E-state index is 13.3. The Morgan fingerprint density at radius 1 is 0.923 bits per heavy atom. The van der Waals surface area contributed by atoms with E-state index in [1.165, 1.54) is 12.1 Å². The van der Waals surface area contributed by atoms with Crippen LogP contribution in [0.2, 0.25) is 0 Å². The fourth-order valence-corrected chi connectivity index (χ4v) is 4.23. The number of benzene rings is 2. The van der Waals surface area contributed by atoms with Crippen LogP contribution in [0.3, 0.4) is 0 Å². The van der Waals surface area contributed by atoms with Gasteiger partial charge in [0.1, 0.15) is 17.8 Å². The molecule has 0 aliphatic rings. The lowest BCUT2D eigenvalue weighted by Crippen LogP contribution is -2.54. The standard InChI is InChI=1S/C28H35N5O6/c1-16(2)11-21(29)26(36)31-15-25(35)32-23(13-18-14-30-22-6-4-3-5-20(18)22)27(37)33-24(28(38)39)12-17-7-9-19(34)10-8-17/h3-10,14,16,21,23-24,30,34H,11-13,15,29H2,1-2H3,(H,31,36)(H,32,35)(H,33,37)(H,38,39). The molecule has 11 heteroatoms. The van der Waals surface area contributed by atoms with Crippen LogP contribution >= 0.6 is 0 Å². The van der Waals surface area contributed by atoms with Crippen LogP contribution in [-0.2, 0) is 32.0 Å². The molecule has 3 rings (SSSR count). The van der Waals surface area contributed by atoms with Crippen LogP contribution in [0.5, 0.6) is 5.75 Å². The largest absolute Gasteiger partial charge is 0.508 e. The Morgan fingerprint density at radius 3 is 2.28 bits per heavy atom. The van der Waals surface area contributed by atoms with Gasteiger partial charge in [-0.1, -0.05) is 44.2 Å². The van der Waals surface area contributed by atoms with Gasteiger partial charge in [0.25, 0.3) is 0 Å². The maximum Gasteiger partial charge on any atom is 0.326 e. The molecule has 208 valence electrons. The second-order valence-electron chi connectivity index (χ2n) is 9.91. The number of H-pyrrole nitrogens is 1. The van der Waals surface area contributed by atoms with Crippen molar-refractivity contribution in [1.82, 2.24) is 20.9 Å². The number of hydrogen-bond acceptors (Lipinski definition) is 6. The molecule has 11 nitrogen and oxygen atoms in total. The Kier molecular flexibility index (Phi) is 10.0. The maximum atomic E-state index is 13.3. The molecule has 1 heterocycles. The van der Waals surface area contributed by atoms with Gasteiger partial charge in [0.05, 0.1) is 12.6 Å². The zero-order valence-electron chi connectivity index (χ0n) is 21.9. The molecule has 0 saturated carbocycles. The van der Waals surface area contributed by atoms with Crippen molar-refractivity contribution in [2.24, 2.45) is 11.7 Å². The molecule has 3 amide bonds. The first-order chi connectivity index (χ1) is 18.5. The molecule has 0 aliphatic heterocycles. The van der Waals surface area contributed by atoms with Crippen molar-refractivity contribution in [2.45, 2.75) is 51.2 Å². The monoisotopic (exact) mass is 537 g/mol. The predicted molar refractivity (Wildman–Crippen MR) is 146 cm³/mol. The van der Waals surface area contributed by atoms with E-state index in [0.717, 1.165) is 16.5 Å². The molecular formula is C28H35N5O6. The average Bonchev–Trinajstić information content (AvgIpc) is 3.30. The van der Waals surface area contributed by atoms with Gasteiger partial charge in [-0.05, 0) is 41.7 Å². The minimum Gasteiger partial charge on any atom is -0.508 e. The Hall–Kier alpha value is -4.38. The molecule has 0 fully saturated rings. The zero-order chi connectivity index (χ0) is 28.5. The van der Waals surface area contributed by atoms with E-state index in [0.29, 0.717) is 12.0 Å². The molecule has 1 aromatic heterocycles. The SMILES string of the molecule is CC(C)CC(N)C(=O)NCC(=O)NC(Cc1c[nH]c2ccccc12)C(=O)NC(Cc1ccc(O)cc1)C(=O)O. The van der Waals surface area contributed by atoms with E-state index in [1.807, 2.05) is 38.1 Å². The number of hydrogen-bond donors (Lipinski definition) is 7. The Labute approximate surface area is 226 Å². The summed E-state index contributed by atoms with van der Waals surface area (Å²) in [6, 6.07) is 10.3. The minimum absolute atomic E-state index is 0.0289. The smallest absolute Gasteiger partial charge is 0.326 e. The lowest BCUT2D eigenvalue weighted by Gasteiger charge is -2.22. The number of fused-ring (bicyclic) bond motifs is 1. The second-order valence-corrected chi connectivity index (χ2v) is 9.91. The third-order valence-electron chi connectivity index (χ3n) is 6.23. The van der Waals surface area contributed by atoms with Crippen molar-refractivity contribution in [3.8, 4) is 5.75 Å². The third-order valence-corrected chi connectivity index (χ3v) is 6.23. The summed E-state index contributed by atoms with van der Waals surface area (Å²) in [7, 11) is 0. The fraction of sp³-hybridized carbons (Fsp3) is 0.357. The summed E-state index contributed by atoms with van der Waals surface area (Å²) >= 11 is 0. The Balaban J connectivity index is 1.74. The van der Waals surface area contributed by atoms with Crippen molar-refractivity contribution in [3.63, 3.8) is 0 Å². The molecule has 0 radical (unpaired) electrons. The van der Waals surface area contributed by atoms with E-state index < -0.39 is 48.4 Å². The normalized spacial score (nSPS) is 13.4. The van der Waals surface area contributed by atoms with E-state index in [4.69, 9.17) is 5.73 Å². The van der Waals surface area contributed by atoms with Gasteiger partial charge < -0.3 is 36.9 Å². The number of aromatic nitrogens is 1. The number of carbonyl (C=O) groups excluding carboxylic acids is 3. The molecule has 39 heavy (non-hydrogen) atoms. The van der Waals surface area contributed by atoms with Crippen LogP contribution in [0.25, 0.3) is 10.9 Å². The van der Waals surface area contributed by atoms with Crippen LogP contribution in [0.1, 0.15) is 31.4 Å². The van der Waals surface area contributed by atoms with Crippen molar-refractivity contribution in [1.29, 1.82) is 0 Å². The van der Waals surface area contributed by atoms with E-state index in [2.05, 4.69) is 20.9 Å². The molecule has 0 spiro atoms. The summed E-state index contributed by atoms with van der Waals surface area (Å²) in [6.07, 6.45) is 2.23. The second kappa shape index (κ2) is 13.4. The van der Waals surface area contributed by atoms with E-state index >= 15 is 0 Å². The van der Waals surface area contributed by atoms with Crippen LogP contribution in [0.15, 0.2) is 54.7 Å². The topological polar surface area (TPSA) is 187 Å². The van der Waals surface area contributed by atoms with Gasteiger partial charge >= 0.3 is 5.97 Å². The summed E-state index contributed by atoms with van der Waals surface area (Å²) in [5.74, 6) is -2.80. The molecule has 2 aromatic carbocycles. The fourth-order valence-electron chi connectivity index (χ4n) is 4.23. The van der Waals surface area contributed by atoms with Crippen LogP contribution in [-0.4, -0.2) is 63.6 Å². The van der Waals surface area contributed by atoms with Gasteiger partial charge in [-0.15, -0.1) is 0 Å². The van der Waals surface area contributed by atoms with Crippen LogP contribution < -0.4 is 21.7 Å². The van der Waals surface area contributed by atoms with Gasteiger partial charge in [0.15, 0.2) is 0 Å².